The number of morpholine rings is 2. The van der Waals surface area contributed by atoms with E-state index in [1.807, 2.05) is 55.7 Å². The van der Waals surface area contributed by atoms with Crippen LogP contribution in [0.2, 0.25) is 0 Å². The van der Waals surface area contributed by atoms with Crippen LogP contribution in [0.5, 0.6) is 0 Å². The fraction of sp³-hybridized carbons (Fsp3) is 0.520. The maximum Gasteiger partial charge on any atom is 0.326 e. The lowest BCUT2D eigenvalue weighted by Crippen LogP contribution is -2.55. The molecule has 5 rings (SSSR count). The second kappa shape index (κ2) is 10.00. The van der Waals surface area contributed by atoms with Gasteiger partial charge in [-0.3, -0.25) is 9.36 Å². The molecule has 4 heterocycles. The Morgan fingerprint density at radius 3 is 2.53 bits per heavy atom. The average Bonchev–Trinajstić information content (AvgIpc) is 3.32. The number of nitrogens with two attached hydrogens (primary N) is 1. The molecule has 3 aromatic rings. The van der Waals surface area contributed by atoms with Crippen LogP contribution in [0, 0.1) is 0 Å². The Labute approximate surface area is 210 Å². The number of anilines is 2. The highest BCUT2D eigenvalue weighted by atomic mass is 16.6. The third-order valence-electron chi connectivity index (χ3n) is 6.19. The van der Waals surface area contributed by atoms with Gasteiger partial charge in [0.2, 0.25) is 5.95 Å². The number of aromatic nitrogens is 4. The van der Waals surface area contributed by atoms with Gasteiger partial charge in [-0.2, -0.15) is 9.97 Å². The minimum absolute atomic E-state index is 0.407. The van der Waals surface area contributed by atoms with Crippen molar-refractivity contribution in [3.8, 4) is 5.95 Å². The van der Waals surface area contributed by atoms with Crippen LogP contribution in [0.3, 0.4) is 0 Å². The van der Waals surface area contributed by atoms with Gasteiger partial charge in [-0.05, 0) is 32.9 Å². The van der Waals surface area contributed by atoms with Gasteiger partial charge in [0, 0.05) is 32.2 Å². The number of hydrogen-bond donors (Lipinski definition) is 1. The topological polar surface area (TPSA) is 121 Å². The van der Waals surface area contributed by atoms with Gasteiger partial charge < -0.3 is 29.7 Å². The predicted octanol–water partition coefficient (Wildman–Crippen LogP) is 1.53. The summed E-state index contributed by atoms with van der Waals surface area (Å²) in [6.45, 7) is 9.68. The van der Waals surface area contributed by atoms with Gasteiger partial charge in [-0.25, -0.2) is 4.98 Å². The first-order valence-corrected chi connectivity index (χ1v) is 12.3. The Morgan fingerprint density at radius 1 is 1.08 bits per heavy atom. The predicted molar refractivity (Wildman–Crippen MR) is 135 cm³/mol. The van der Waals surface area contributed by atoms with E-state index in [9.17, 15) is 4.79 Å². The Hall–Kier alpha value is -3.28. The lowest BCUT2D eigenvalue weighted by Gasteiger charge is -2.37. The summed E-state index contributed by atoms with van der Waals surface area (Å²) in [5.74, 6) is 1.61. The second-order valence-corrected chi connectivity index (χ2v) is 10.0. The zero-order valence-electron chi connectivity index (χ0n) is 21.0. The highest BCUT2D eigenvalue weighted by molar-refractivity contribution is 5.77. The van der Waals surface area contributed by atoms with Crippen molar-refractivity contribution < 1.29 is 19.0 Å². The molecule has 36 heavy (non-hydrogen) atoms. The summed E-state index contributed by atoms with van der Waals surface area (Å²) in [5, 5.41) is 0. The lowest BCUT2D eigenvalue weighted by molar-refractivity contribution is -0.160. The summed E-state index contributed by atoms with van der Waals surface area (Å²) in [5.41, 5.74) is 7.44. The number of ether oxygens (including phenoxy) is 3. The lowest BCUT2D eigenvalue weighted by atomic mass is 10.1. The third kappa shape index (κ3) is 5.28. The minimum Gasteiger partial charge on any atom is -0.459 e. The van der Waals surface area contributed by atoms with Crippen LogP contribution in [0.25, 0.3) is 17.0 Å². The van der Waals surface area contributed by atoms with Gasteiger partial charge in [0.25, 0.3) is 0 Å². The molecule has 2 saturated heterocycles. The first-order chi connectivity index (χ1) is 17.3. The Morgan fingerprint density at radius 2 is 1.78 bits per heavy atom. The number of fused-ring (bicyclic) bond motifs is 1. The standard InChI is InChI=1S/C25H33N7O4/c1-25(2,3)36-23(33)22(26)19-15-31(10-13-35-19)21-14-20(30-8-11-34-12-9-30)28-24(29-21)32-16-27-17-6-4-5-7-18(17)32/h4-7,14,16,19,22H,8-13,15,26H2,1-3H3. The number of carbonyl (C=O) groups is 1. The molecule has 0 aliphatic carbocycles. The Bertz CT molecular complexity index is 1220. The fourth-order valence-electron chi connectivity index (χ4n) is 4.38. The highest BCUT2D eigenvalue weighted by Crippen LogP contribution is 2.26. The number of para-hydroxylation sites is 2. The quantitative estimate of drug-likeness (QED) is 0.522. The molecule has 0 spiro atoms. The van der Waals surface area contributed by atoms with E-state index in [4.69, 9.17) is 29.9 Å². The molecule has 2 fully saturated rings. The zero-order chi connectivity index (χ0) is 25.3. The van der Waals surface area contributed by atoms with Crippen molar-refractivity contribution in [3.63, 3.8) is 0 Å². The van der Waals surface area contributed by atoms with Crippen LogP contribution >= 0.6 is 0 Å². The molecule has 192 valence electrons. The van der Waals surface area contributed by atoms with E-state index in [-0.39, 0.29) is 0 Å². The number of rotatable bonds is 5. The first kappa shape index (κ1) is 24.4. The molecular weight excluding hydrogens is 462 g/mol. The molecule has 2 aliphatic rings. The molecule has 2 aromatic heterocycles. The van der Waals surface area contributed by atoms with Gasteiger partial charge in [-0.15, -0.1) is 0 Å². The van der Waals surface area contributed by atoms with Crippen molar-refractivity contribution in [3.05, 3.63) is 36.7 Å². The van der Waals surface area contributed by atoms with E-state index >= 15 is 0 Å². The smallest absolute Gasteiger partial charge is 0.326 e. The molecule has 11 heteroatoms. The molecule has 0 bridgehead atoms. The van der Waals surface area contributed by atoms with E-state index in [0.29, 0.717) is 38.9 Å². The molecular formula is C25H33N7O4. The number of esters is 1. The molecule has 1 aromatic carbocycles. The second-order valence-electron chi connectivity index (χ2n) is 10.0. The van der Waals surface area contributed by atoms with Crippen LogP contribution in [0.15, 0.2) is 36.7 Å². The van der Waals surface area contributed by atoms with E-state index in [1.54, 1.807) is 6.33 Å². The van der Waals surface area contributed by atoms with Crippen molar-refractivity contribution in [1.82, 2.24) is 19.5 Å². The van der Waals surface area contributed by atoms with E-state index in [1.165, 1.54) is 0 Å². The zero-order valence-corrected chi connectivity index (χ0v) is 21.0. The Kier molecular flexibility index (Phi) is 6.78. The molecule has 2 unspecified atom stereocenters. The Balaban J connectivity index is 1.46. The molecule has 11 nitrogen and oxygen atoms in total. The SMILES string of the molecule is CC(C)(C)OC(=O)C(N)C1CN(c2cc(N3CCOCC3)nc(-n3cnc4ccccc43)n2)CCO1. The average molecular weight is 496 g/mol. The maximum atomic E-state index is 12.6. The van der Waals surface area contributed by atoms with E-state index in [2.05, 4.69) is 14.8 Å². The van der Waals surface area contributed by atoms with Gasteiger partial charge in [0.05, 0.1) is 30.9 Å². The molecule has 0 amide bonds. The fourth-order valence-corrected chi connectivity index (χ4v) is 4.38. The maximum absolute atomic E-state index is 12.6. The summed E-state index contributed by atoms with van der Waals surface area (Å²) < 4.78 is 18.8. The van der Waals surface area contributed by atoms with Gasteiger partial charge in [-0.1, -0.05) is 12.1 Å². The van der Waals surface area contributed by atoms with Gasteiger partial charge >= 0.3 is 5.97 Å². The molecule has 2 N–H and O–H groups in total. The van der Waals surface area contributed by atoms with Crippen molar-refractivity contribution in [2.75, 3.05) is 55.8 Å². The first-order valence-electron chi connectivity index (χ1n) is 12.3. The summed E-state index contributed by atoms with van der Waals surface area (Å²) in [6.07, 6.45) is 1.22. The molecule has 0 saturated carbocycles. The summed E-state index contributed by atoms with van der Waals surface area (Å²) in [4.78, 5) is 31.2. The largest absolute Gasteiger partial charge is 0.459 e. The van der Waals surface area contributed by atoms with Crippen molar-refractivity contribution in [2.45, 2.75) is 38.5 Å². The number of imidazole rings is 1. The van der Waals surface area contributed by atoms with Crippen LogP contribution < -0.4 is 15.5 Å². The number of nitrogens with zero attached hydrogens (tertiary/aromatic N) is 6. The number of benzene rings is 1. The summed E-state index contributed by atoms with van der Waals surface area (Å²) in [6, 6.07) is 8.97. The summed E-state index contributed by atoms with van der Waals surface area (Å²) in [7, 11) is 0. The van der Waals surface area contributed by atoms with E-state index < -0.39 is 23.7 Å². The van der Waals surface area contributed by atoms with Crippen LogP contribution in [0.1, 0.15) is 20.8 Å². The summed E-state index contributed by atoms with van der Waals surface area (Å²) >= 11 is 0. The van der Waals surface area contributed by atoms with Crippen LogP contribution in [-0.4, -0.2) is 89.2 Å². The highest BCUT2D eigenvalue weighted by Gasteiger charge is 2.34. The van der Waals surface area contributed by atoms with E-state index in [0.717, 1.165) is 35.8 Å². The van der Waals surface area contributed by atoms with Crippen molar-refractivity contribution in [2.24, 2.45) is 5.73 Å². The molecule has 2 atom stereocenters. The number of hydrogen-bond acceptors (Lipinski definition) is 10. The van der Waals surface area contributed by atoms with Crippen molar-refractivity contribution in [1.29, 1.82) is 0 Å². The molecule has 0 radical (unpaired) electrons. The third-order valence-corrected chi connectivity index (χ3v) is 6.19. The van der Waals surface area contributed by atoms with Gasteiger partial charge in [0.1, 0.15) is 35.7 Å². The molecule has 2 aliphatic heterocycles. The van der Waals surface area contributed by atoms with Crippen molar-refractivity contribution >= 4 is 28.6 Å². The van der Waals surface area contributed by atoms with Gasteiger partial charge in [0.15, 0.2) is 0 Å². The number of carbonyl (C=O) groups excluding carboxylic acids is 1. The monoisotopic (exact) mass is 495 g/mol. The minimum atomic E-state index is -0.898. The normalized spacial score (nSPS) is 19.9. The van der Waals surface area contributed by atoms with Crippen LogP contribution in [-0.2, 0) is 19.0 Å². The van der Waals surface area contributed by atoms with Crippen LogP contribution in [0.4, 0.5) is 11.6 Å².